The van der Waals surface area contributed by atoms with Crippen molar-refractivity contribution in [3.63, 3.8) is 0 Å². The summed E-state index contributed by atoms with van der Waals surface area (Å²) in [5.41, 5.74) is 0.893. The zero-order valence-electron chi connectivity index (χ0n) is 15.8. The molecule has 2 aromatic carbocycles. The van der Waals surface area contributed by atoms with Crippen molar-refractivity contribution in [3.05, 3.63) is 54.1 Å². The number of rotatable bonds is 8. The van der Waals surface area contributed by atoms with Crippen molar-refractivity contribution in [2.75, 3.05) is 27.8 Å². The van der Waals surface area contributed by atoms with E-state index in [1.807, 2.05) is 19.1 Å². The third-order valence-corrected chi connectivity index (χ3v) is 5.94. The number of methoxy groups -OCH3 is 2. The molecule has 1 amide bonds. The molecule has 0 saturated heterocycles. The summed E-state index contributed by atoms with van der Waals surface area (Å²) in [5.74, 6) is 0.892. The van der Waals surface area contributed by atoms with Gasteiger partial charge in [-0.1, -0.05) is 12.1 Å². The van der Waals surface area contributed by atoms with Gasteiger partial charge in [0.15, 0.2) is 0 Å². The van der Waals surface area contributed by atoms with E-state index < -0.39 is 15.9 Å². The SMILES string of the molecule is COc1ccc([C@@H](C)NC(=O)CN(C)S(=O)(=O)c2ccc(OC)cc2)cc1. The van der Waals surface area contributed by atoms with E-state index in [9.17, 15) is 13.2 Å². The van der Waals surface area contributed by atoms with Gasteiger partial charge in [0, 0.05) is 7.05 Å². The van der Waals surface area contributed by atoms with Gasteiger partial charge < -0.3 is 14.8 Å². The maximum absolute atomic E-state index is 12.6. The minimum Gasteiger partial charge on any atom is -0.497 e. The zero-order chi connectivity index (χ0) is 20.0. The number of likely N-dealkylation sites (N-methyl/N-ethyl adjacent to an activating group) is 1. The highest BCUT2D eigenvalue weighted by Crippen LogP contribution is 2.19. The van der Waals surface area contributed by atoms with Gasteiger partial charge in [0.25, 0.3) is 0 Å². The fourth-order valence-electron chi connectivity index (χ4n) is 2.48. The van der Waals surface area contributed by atoms with Crippen molar-refractivity contribution >= 4 is 15.9 Å². The average Bonchev–Trinajstić information content (AvgIpc) is 2.67. The maximum atomic E-state index is 12.6. The second-order valence-electron chi connectivity index (χ2n) is 6.00. The number of nitrogens with one attached hydrogen (secondary N) is 1. The normalized spacial score (nSPS) is 12.5. The van der Waals surface area contributed by atoms with Crippen LogP contribution in [-0.4, -0.2) is 46.4 Å². The van der Waals surface area contributed by atoms with Crippen LogP contribution in [0.3, 0.4) is 0 Å². The summed E-state index contributed by atoms with van der Waals surface area (Å²) in [6.07, 6.45) is 0. The highest BCUT2D eigenvalue weighted by Gasteiger charge is 2.23. The van der Waals surface area contributed by atoms with Crippen LogP contribution in [0, 0.1) is 0 Å². The lowest BCUT2D eigenvalue weighted by Gasteiger charge is -2.19. The number of hydrogen-bond acceptors (Lipinski definition) is 5. The molecule has 0 aliphatic rings. The summed E-state index contributed by atoms with van der Waals surface area (Å²) in [7, 11) is 0.691. The van der Waals surface area contributed by atoms with E-state index in [0.717, 1.165) is 15.6 Å². The molecule has 1 N–H and O–H groups in total. The molecule has 146 valence electrons. The van der Waals surface area contributed by atoms with Gasteiger partial charge >= 0.3 is 0 Å². The number of amides is 1. The Bertz CT molecular complexity index is 864. The van der Waals surface area contributed by atoms with Crippen molar-refractivity contribution < 1.29 is 22.7 Å². The van der Waals surface area contributed by atoms with Crippen LogP contribution in [0.15, 0.2) is 53.4 Å². The minimum atomic E-state index is -3.77. The van der Waals surface area contributed by atoms with Crippen LogP contribution in [0.5, 0.6) is 11.5 Å². The maximum Gasteiger partial charge on any atom is 0.243 e. The van der Waals surface area contributed by atoms with E-state index in [1.165, 1.54) is 26.3 Å². The Morgan fingerprint density at radius 3 is 1.96 bits per heavy atom. The summed E-state index contributed by atoms with van der Waals surface area (Å²) < 4.78 is 36.3. The van der Waals surface area contributed by atoms with Gasteiger partial charge in [-0.3, -0.25) is 4.79 Å². The molecule has 1 atom stereocenters. The van der Waals surface area contributed by atoms with E-state index >= 15 is 0 Å². The molecule has 0 unspecified atom stereocenters. The Hall–Kier alpha value is -2.58. The van der Waals surface area contributed by atoms with E-state index in [0.29, 0.717) is 5.75 Å². The van der Waals surface area contributed by atoms with Crippen LogP contribution in [0.4, 0.5) is 0 Å². The second kappa shape index (κ2) is 8.88. The molecule has 2 aromatic rings. The number of hydrogen-bond donors (Lipinski definition) is 1. The second-order valence-corrected chi connectivity index (χ2v) is 8.04. The van der Waals surface area contributed by atoms with Crippen molar-refractivity contribution in [2.45, 2.75) is 17.9 Å². The average molecular weight is 392 g/mol. The third-order valence-electron chi connectivity index (χ3n) is 4.13. The topological polar surface area (TPSA) is 84.9 Å². The fraction of sp³-hybridized carbons (Fsp3) is 0.316. The molecule has 0 heterocycles. The van der Waals surface area contributed by atoms with Gasteiger partial charge in [-0.05, 0) is 48.9 Å². The lowest BCUT2D eigenvalue weighted by molar-refractivity contribution is -0.121. The quantitative estimate of drug-likeness (QED) is 0.744. The molecule has 0 saturated carbocycles. The number of sulfonamides is 1. The van der Waals surface area contributed by atoms with E-state index in [2.05, 4.69) is 5.32 Å². The molecule has 0 aliphatic carbocycles. The lowest BCUT2D eigenvalue weighted by atomic mass is 10.1. The lowest BCUT2D eigenvalue weighted by Crippen LogP contribution is -2.39. The predicted octanol–water partition coefficient (Wildman–Crippen LogP) is 2.20. The predicted molar refractivity (Wildman–Crippen MR) is 102 cm³/mol. The third kappa shape index (κ3) is 5.21. The Balaban J connectivity index is 2.00. The first-order valence-electron chi connectivity index (χ1n) is 8.31. The van der Waals surface area contributed by atoms with Gasteiger partial charge in [0.2, 0.25) is 15.9 Å². The molecule has 2 rings (SSSR count). The molecular formula is C19H24N2O5S. The Morgan fingerprint density at radius 2 is 1.48 bits per heavy atom. The van der Waals surface area contributed by atoms with Crippen LogP contribution >= 0.6 is 0 Å². The largest absolute Gasteiger partial charge is 0.497 e. The molecule has 8 heteroatoms. The zero-order valence-corrected chi connectivity index (χ0v) is 16.6. The summed E-state index contributed by atoms with van der Waals surface area (Å²) in [6, 6.07) is 13.1. The molecular weight excluding hydrogens is 368 g/mol. The van der Waals surface area contributed by atoms with Crippen molar-refractivity contribution in [1.82, 2.24) is 9.62 Å². The molecule has 7 nitrogen and oxygen atoms in total. The molecule has 0 aromatic heterocycles. The Kier molecular flexibility index (Phi) is 6.81. The Labute approximate surface area is 160 Å². The van der Waals surface area contributed by atoms with Gasteiger partial charge in [-0.25, -0.2) is 8.42 Å². The Morgan fingerprint density at radius 1 is 1.00 bits per heavy atom. The molecule has 0 fully saturated rings. The van der Waals surface area contributed by atoms with E-state index in [4.69, 9.17) is 9.47 Å². The standard InChI is InChI=1S/C19H24N2O5S/c1-14(15-5-7-16(25-3)8-6-15)20-19(22)13-21(2)27(23,24)18-11-9-17(26-4)10-12-18/h5-12,14H,13H2,1-4H3,(H,20,22)/t14-/m1/s1. The first kappa shape index (κ1) is 20.7. The summed E-state index contributed by atoms with van der Waals surface area (Å²) in [6.45, 7) is 1.55. The van der Waals surface area contributed by atoms with Crippen molar-refractivity contribution in [2.24, 2.45) is 0 Å². The molecule has 0 spiro atoms. The van der Waals surface area contributed by atoms with Gasteiger partial charge in [-0.2, -0.15) is 4.31 Å². The fourth-order valence-corrected chi connectivity index (χ4v) is 3.61. The first-order chi connectivity index (χ1) is 12.8. The molecule has 0 aliphatic heterocycles. The van der Waals surface area contributed by atoms with Crippen LogP contribution < -0.4 is 14.8 Å². The molecule has 0 radical (unpaired) electrons. The van der Waals surface area contributed by atoms with Gasteiger partial charge in [-0.15, -0.1) is 0 Å². The van der Waals surface area contributed by atoms with E-state index in [1.54, 1.807) is 31.4 Å². The van der Waals surface area contributed by atoms with Gasteiger partial charge in [0.1, 0.15) is 11.5 Å². The van der Waals surface area contributed by atoms with Crippen LogP contribution in [0.25, 0.3) is 0 Å². The number of nitrogens with zero attached hydrogens (tertiary/aromatic N) is 1. The van der Waals surface area contributed by atoms with Crippen LogP contribution in [0.1, 0.15) is 18.5 Å². The van der Waals surface area contributed by atoms with Gasteiger partial charge in [0.05, 0.1) is 31.7 Å². The monoisotopic (exact) mass is 392 g/mol. The van der Waals surface area contributed by atoms with Crippen LogP contribution in [0.2, 0.25) is 0 Å². The first-order valence-corrected chi connectivity index (χ1v) is 9.75. The highest BCUT2D eigenvalue weighted by atomic mass is 32.2. The molecule has 27 heavy (non-hydrogen) atoms. The van der Waals surface area contributed by atoms with Crippen LogP contribution in [-0.2, 0) is 14.8 Å². The number of benzene rings is 2. The van der Waals surface area contributed by atoms with Crippen molar-refractivity contribution in [1.29, 1.82) is 0 Å². The summed E-state index contributed by atoms with van der Waals surface area (Å²) >= 11 is 0. The number of carbonyl (C=O) groups excluding carboxylic acids is 1. The molecule has 0 bridgehead atoms. The summed E-state index contributed by atoms with van der Waals surface area (Å²) in [4.78, 5) is 12.4. The van der Waals surface area contributed by atoms with E-state index in [-0.39, 0.29) is 17.5 Å². The highest BCUT2D eigenvalue weighted by molar-refractivity contribution is 7.89. The number of ether oxygens (including phenoxy) is 2. The van der Waals surface area contributed by atoms with Crippen molar-refractivity contribution in [3.8, 4) is 11.5 Å². The summed E-state index contributed by atoms with van der Waals surface area (Å²) in [5, 5.41) is 2.80. The smallest absolute Gasteiger partial charge is 0.243 e. The number of carbonyl (C=O) groups is 1. The minimum absolute atomic E-state index is 0.0989.